The van der Waals surface area contributed by atoms with Gasteiger partial charge in [-0.3, -0.25) is 4.79 Å². The molecule has 2 rings (SSSR count). The van der Waals surface area contributed by atoms with Crippen molar-refractivity contribution in [3.05, 3.63) is 59.7 Å². The Hall–Kier alpha value is -2.41. The molecule has 0 amide bonds. The summed E-state index contributed by atoms with van der Waals surface area (Å²) in [6.07, 6.45) is -1.06. The van der Waals surface area contributed by atoms with Crippen LogP contribution in [0.3, 0.4) is 0 Å². The number of hydrogen-bond donors (Lipinski definition) is 4. The number of aliphatic hydroxyl groups is 2. The molecular formula is C21H27NO5. The van der Waals surface area contributed by atoms with E-state index in [2.05, 4.69) is 5.32 Å². The quantitative estimate of drug-likeness (QED) is 0.478. The molecule has 3 unspecified atom stereocenters. The van der Waals surface area contributed by atoms with Crippen molar-refractivity contribution < 1.29 is 24.9 Å². The van der Waals surface area contributed by atoms with E-state index in [4.69, 9.17) is 4.74 Å². The van der Waals surface area contributed by atoms with Gasteiger partial charge in [-0.2, -0.15) is 0 Å². The number of carbonyl (C=O) groups is 1. The molecule has 0 aliphatic heterocycles. The molecule has 0 spiro atoms. The topological polar surface area (TPSA) is 99.0 Å². The average Bonchev–Trinajstić information content (AvgIpc) is 2.70. The maximum Gasteiger partial charge on any atom is 0.162 e. The molecule has 0 aliphatic carbocycles. The van der Waals surface area contributed by atoms with Gasteiger partial charge in [0.05, 0.1) is 6.10 Å². The predicted octanol–water partition coefficient (Wildman–Crippen LogP) is 2.44. The Bertz CT molecular complexity index is 714. The van der Waals surface area contributed by atoms with Crippen LogP contribution in [0.25, 0.3) is 0 Å². The molecule has 0 bridgehead atoms. The molecule has 0 heterocycles. The van der Waals surface area contributed by atoms with Crippen LogP contribution in [-0.4, -0.2) is 46.4 Å². The molecule has 6 heteroatoms. The molecule has 0 saturated heterocycles. The number of hydrogen-bond acceptors (Lipinski definition) is 6. The fraction of sp³-hybridized carbons (Fsp3) is 0.381. The summed E-state index contributed by atoms with van der Waals surface area (Å²) in [4.78, 5) is 11.6. The number of Topliss-reactive ketones (excluding diaryl/α,β-unsaturated/α-hetero) is 1. The summed E-state index contributed by atoms with van der Waals surface area (Å²) in [7, 11) is 0. The number of phenolic OH excluding ortho intramolecular Hbond substituents is 1. The number of rotatable bonds is 10. The minimum Gasteiger partial charge on any atom is -0.508 e. The average molecular weight is 373 g/mol. The molecule has 3 atom stereocenters. The van der Waals surface area contributed by atoms with Crippen molar-refractivity contribution in [3.8, 4) is 11.5 Å². The van der Waals surface area contributed by atoms with E-state index >= 15 is 0 Å². The molecule has 27 heavy (non-hydrogen) atoms. The molecule has 4 N–H and O–H groups in total. The molecule has 0 saturated carbocycles. The number of aromatic hydroxyl groups is 1. The molecule has 146 valence electrons. The van der Waals surface area contributed by atoms with Gasteiger partial charge in [0.15, 0.2) is 5.78 Å². The van der Waals surface area contributed by atoms with Crippen molar-refractivity contribution in [2.24, 2.45) is 0 Å². The summed E-state index contributed by atoms with van der Waals surface area (Å²) >= 11 is 0. The van der Waals surface area contributed by atoms with Crippen LogP contribution in [0.2, 0.25) is 0 Å². The van der Waals surface area contributed by atoms with E-state index in [1.807, 2.05) is 13.8 Å². The van der Waals surface area contributed by atoms with Crippen molar-refractivity contribution in [2.75, 3.05) is 13.2 Å². The summed E-state index contributed by atoms with van der Waals surface area (Å²) in [5, 5.41) is 32.8. The lowest BCUT2D eigenvalue weighted by Gasteiger charge is -2.22. The lowest BCUT2D eigenvalue weighted by molar-refractivity contribution is 0.0875. The monoisotopic (exact) mass is 373 g/mol. The van der Waals surface area contributed by atoms with Crippen molar-refractivity contribution >= 4 is 5.78 Å². The summed E-state index contributed by atoms with van der Waals surface area (Å²) < 4.78 is 5.54. The second-order valence-electron chi connectivity index (χ2n) is 6.50. The normalized spacial score (nSPS) is 14.4. The Kier molecular flexibility index (Phi) is 7.79. The van der Waals surface area contributed by atoms with Crippen molar-refractivity contribution in [3.63, 3.8) is 0 Å². The van der Waals surface area contributed by atoms with Gasteiger partial charge in [-0.25, -0.2) is 0 Å². The first-order valence-electron chi connectivity index (χ1n) is 9.05. The lowest BCUT2D eigenvalue weighted by atomic mass is 10.0. The van der Waals surface area contributed by atoms with E-state index in [-0.39, 0.29) is 30.7 Å². The van der Waals surface area contributed by atoms with E-state index in [1.165, 1.54) is 12.1 Å². The van der Waals surface area contributed by atoms with Crippen LogP contribution in [-0.2, 0) is 0 Å². The third kappa shape index (κ3) is 6.36. The molecular weight excluding hydrogens is 346 g/mol. The van der Waals surface area contributed by atoms with Crippen LogP contribution in [0.5, 0.6) is 11.5 Å². The van der Waals surface area contributed by atoms with E-state index in [9.17, 15) is 20.1 Å². The fourth-order valence-electron chi connectivity index (χ4n) is 2.59. The van der Waals surface area contributed by atoms with Crippen LogP contribution in [0.1, 0.15) is 42.3 Å². The van der Waals surface area contributed by atoms with Gasteiger partial charge in [-0.1, -0.05) is 19.1 Å². The standard InChI is InChI=1S/C21H27NO5/c1-3-20(25)15-6-10-19(11-7-15)27-13-18(24)12-22-14(2)21(26)16-4-8-17(23)9-5-16/h4-11,14,18,21-24,26H,3,12-13H2,1-2H3. The number of benzene rings is 2. The number of aliphatic hydroxyl groups excluding tert-OH is 2. The van der Waals surface area contributed by atoms with Crippen LogP contribution in [0.15, 0.2) is 48.5 Å². The van der Waals surface area contributed by atoms with Gasteiger partial charge in [0.1, 0.15) is 24.2 Å². The van der Waals surface area contributed by atoms with E-state index in [0.717, 1.165) is 0 Å². The molecule has 2 aromatic carbocycles. The van der Waals surface area contributed by atoms with Crippen LogP contribution >= 0.6 is 0 Å². The number of ketones is 1. The second kappa shape index (κ2) is 10.1. The fourth-order valence-corrected chi connectivity index (χ4v) is 2.59. The Labute approximate surface area is 159 Å². The first-order chi connectivity index (χ1) is 12.9. The SMILES string of the molecule is CCC(=O)c1ccc(OCC(O)CNC(C)C(O)c2ccc(O)cc2)cc1. The highest BCUT2D eigenvalue weighted by Gasteiger charge is 2.17. The second-order valence-corrected chi connectivity index (χ2v) is 6.50. The van der Waals surface area contributed by atoms with Gasteiger partial charge in [0.25, 0.3) is 0 Å². The third-order valence-corrected chi connectivity index (χ3v) is 4.32. The van der Waals surface area contributed by atoms with Crippen molar-refractivity contribution in [1.29, 1.82) is 0 Å². The highest BCUT2D eigenvalue weighted by atomic mass is 16.5. The van der Waals surface area contributed by atoms with Gasteiger partial charge in [0.2, 0.25) is 0 Å². The first-order valence-corrected chi connectivity index (χ1v) is 9.05. The minimum absolute atomic E-state index is 0.0759. The Morgan fingerprint density at radius 3 is 2.30 bits per heavy atom. The zero-order chi connectivity index (χ0) is 19.8. The maximum absolute atomic E-state index is 11.6. The number of ether oxygens (including phenoxy) is 1. The maximum atomic E-state index is 11.6. The summed E-state index contributed by atoms with van der Waals surface area (Å²) in [6.45, 7) is 3.98. The zero-order valence-corrected chi connectivity index (χ0v) is 15.6. The van der Waals surface area contributed by atoms with Crippen molar-refractivity contribution in [1.82, 2.24) is 5.32 Å². The first kappa shape index (κ1) is 20.9. The van der Waals surface area contributed by atoms with E-state index in [1.54, 1.807) is 36.4 Å². The third-order valence-electron chi connectivity index (χ3n) is 4.32. The lowest BCUT2D eigenvalue weighted by Crippen LogP contribution is -2.39. The molecule has 0 fully saturated rings. The Balaban J connectivity index is 1.76. The summed E-state index contributed by atoms with van der Waals surface area (Å²) in [6, 6.07) is 12.9. The number of nitrogens with one attached hydrogen (secondary N) is 1. The van der Waals surface area contributed by atoms with Crippen LogP contribution in [0, 0.1) is 0 Å². The Morgan fingerprint density at radius 1 is 1.07 bits per heavy atom. The van der Waals surface area contributed by atoms with Gasteiger partial charge in [-0.05, 0) is 48.9 Å². The van der Waals surface area contributed by atoms with Crippen LogP contribution < -0.4 is 10.1 Å². The smallest absolute Gasteiger partial charge is 0.162 e. The molecule has 0 aromatic heterocycles. The molecule has 0 aliphatic rings. The van der Waals surface area contributed by atoms with Gasteiger partial charge >= 0.3 is 0 Å². The molecule has 0 radical (unpaired) electrons. The highest BCUT2D eigenvalue weighted by Crippen LogP contribution is 2.19. The largest absolute Gasteiger partial charge is 0.508 e. The molecule has 2 aromatic rings. The zero-order valence-electron chi connectivity index (χ0n) is 15.6. The van der Waals surface area contributed by atoms with Crippen molar-refractivity contribution in [2.45, 2.75) is 38.5 Å². The predicted molar refractivity (Wildman–Crippen MR) is 103 cm³/mol. The van der Waals surface area contributed by atoms with Gasteiger partial charge in [-0.15, -0.1) is 0 Å². The minimum atomic E-state index is -0.762. The molecule has 6 nitrogen and oxygen atoms in total. The van der Waals surface area contributed by atoms with Gasteiger partial charge in [0, 0.05) is 24.6 Å². The number of phenols is 1. The van der Waals surface area contributed by atoms with E-state index < -0.39 is 12.2 Å². The van der Waals surface area contributed by atoms with Gasteiger partial charge < -0.3 is 25.4 Å². The highest BCUT2D eigenvalue weighted by molar-refractivity contribution is 5.95. The van der Waals surface area contributed by atoms with E-state index in [0.29, 0.717) is 23.3 Å². The summed E-state index contributed by atoms with van der Waals surface area (Å²) in [5.74, 6) is 0.803. The van der Waals surface area contributed by atoms with Crippen LogP contribution in [0.4, 0.5) is 0 Å². The number of carbonyl (C=O) groups excluding carboxylic acids is 1. The Morgan fingerprint density at radius 2 is 1.70 bits per heavy atom. The summed E-state index contributed by atoms with van der Waals surface area (Å²) in [5.41, 5.74) is 1.32.